The molecule has 0 aliphatic carbocycles. The zero-order valence-corrected chi connectivity index (χ0v) is 11.5. The van der Waals surface area contributed by atoms with Gasteiger partial charge in [-0.05, 0) is 12.5 Å². The highest BCUT2D eigenvalue weighted by Gasteiger charge is 2.26. The van der Waals surface area contributed by atoms with Gasteiger partial charge in [0.25, 0.3) is 0 Å². The summed E-state index contributed by atoms with van der Waals surface area (Å²) in [6, 6.07) is 9.08. The van der Waals surface area contributed by atoms with Crippen LogP contribution in [0.25, 0.3) is 0 Å². The fraction of sp³-hybridized carbons (Fsp3) is 0.267. The SMILES string of the molecule is CCC(N)C(c1ccccc1F)n1cnc(C#N)c1C#N. The summed E-state index contributed by atoms with van der Waals surface area (Å²) < 4.78 is 15.6. The van der Waals surface area contributed by atoms with E-state index in [2.05, 4.69) is 4.98 Å². The van der Waals surface area contributed by atoms with Gasteiger partial charge in [-0.2, -0.15) is 10.5 Å². The van der Waals surface area contributed by atoms with Gasteiger partial charge in [-0.1, -0.05) is 25.1 Å². The summed E-state index contributed by atoms with van der Waals surface area (Å²) in [5.74, 6) is -0.400. The van der Waals surface area contributed by atoms with Gasteiger partial charge in [0.15, 0.2) is 11.4 Å². The molecule has 0 saturated carbocycles. The summed E-state index contributed by atoms with van der Waals surface area (Å²) >= 11 is 0. The van der Waals surface area contributed by atoms with Crippen LogP contribution in [0.5, 0.6) is 0 Å². The molecule has 0 saturated heterocycles. The summed E-state index contributed by atoms with van der Waals surface area (Å²) in [7, 11) is 0. The first-order valence-electron chi connectivity index (χ1n) is 6.51. The molecule has 0 aliphatic heterocycles. The van der Waals surface area contributed by atoms with Crippen LogP contribution in [0.1, 0.15) is 36.3 Å². The lowest BCUT2D eigenvalue weighted by molar-refractivity contribution is 0.437. The first-order chi connectivity index (χ1) is 10.1. The van der Waals surface area contributed by atoms with Crippen LogP contribution >= 0.6 is 0 Å². The summed E-state index contributed by atoms with van der Waals surface area (Å²) in [4.78, 5) is 3.90. The van der Waals surface area contributed by atoms with E-state index in [-0.39, 0.29) is 11.4 Å². The van der Waals surface area contributed by atoms with E-state index in [0.29, 0.717) is 12.0 Å². The molecular weight excluding hydrogens is 269 g/mol. The topological polar surface area (TPSA) is 91.4 Å². The molecule has 2 rings (SSSR count). The van der Waals surface area contributed by atoms with Crippen LogP contribution in [-0.2, 0) is 0 Å². The summed E-state index contributed by atoms with van der Waals surface area (Å²) in [6.07, 6.45) is 1.95. The minimum Gasteiger partial charge on any atom is -0.326 e. The summed E-state index contributed by atoms with van der Waals surface area (Å²) in [5.41, 5.74) is 6.60. The van der Waals surface area contributed by atoms with Crippen LogP contribution in [-0.4, -0.2) is 15.6 Å². The second-order valence-corrected chi connectivity index (χ2v) is 4.61. The van der Waals surface area contributed by atoms with Crippen molar-refractivity contribution in [1.29, 1.82) is 10.5 Å². The van der Waals surface area contributed by atoms with Crippen molar-refractivity contribution in [3.05, 3.63) is 53.4 Å². The molecule has 0 spiro atoms. The summed E-state index contributed by atoms with van der Waals surface area (Å²) in [5, 5.41) is 18.2. The van der Waals surface area contributed by atoms with Gasteiger partial charge in [-0.25, -0.2) is 9.37 Å². The lowest BCUT2D eigenvalue weighted by Crippen LogP contribution is -2.33. The number of nitrogens with two attached hydrogens (primary N) is 1. The van der Waals surface area contributed by atoms with E-state index in [1.807, 2.05) is 19.1 Å². The standard InChI is InChI=1S/C15H14FN5/c1-2-12(19)15(10-5-3-4-6-11(10)16)21-9-20-13(7-17)14(21)8-18/h3-6,9,12,15H,2,19H2,1H3. The predicted octanol–water partition coefficient (Wildman–Crippen LogP) is 2.09. The van der Waals surface area contributed by atoms with Crippen molar-refractivity contribution in [2.75, 3.05) is 0 Å². The third-order valence-electron chi connectivity index (χ3n) is 3.41. The van der Waals surface area contributed by atoms with Crippen molar-refractivity contribution in [3.8, 4) is 12.1 Å². The zero-order chi connectivity index (χ0) is 15.4. The smallest absolute Gasteiger partial charge is 0.176 e. The van der Waals surface area contributed by atoms with Gasteiger partial charge >= 0.3 is 0 Å². The van der Waals surface area contributed by atoms with Gasteiger partial charge in [-0.15, -0.1) is 0 Å². The maximum atomic E-state index is 14.1. The van der Waals surface area contributed by atoms with E-state index in [9.17, 15) is 9.65 Å². The molecular formula is C15H14FN5. The lowest BCUT2D eigenvalue weighted by atomic mass is 9.97. The van der Waals surface area contributed by atoms with Crippen LogP contribution in [0.15, 0.2) is 30.6 Å². The molecule has 0 bridgehead atoms. The van der Waals surface area contributed by atoms with Crippen molar-refractivity contribution in [1.82, 2.24) is 9.55 Å². The Hall–Kier alpha value is -2.70. The molecule has 21 heavy (non-hydrogen) atoms. The first-order valence-corrected chi connectivity index (χ1v) is 6.51. The Morgan fingerprint density at radius 2 is 2.05 bits per heavy atom. The van der Waals surface area contributed by atoms with Crippen molar-refractivity contribution >= 4 is 0 Å². The van der Waals surface area contributed by atoms with E-state index in [0.717, 1.165) is 0 Å². The fourth-order valence-electron chi connectivity index (χ4n) is 2.29. The molecule has 0 fully saturated rings. The molecule has 5 nitrogen and oxygen atoms in total. The van der Waals surface area contributed by atoms with E-state index < -0.39 is 17.9 Å². The molecule has 0 amide bonds. The van der Waals surface area contributed by atoms with Crippen molar-refractivity contribution < 1.29 is 4.39 Å². The maximum absolute atomic E-state index is 14.1. The molecule has 0 radical (unpaired) electrons. The third-order valence-corrected chi connectivity index (χ3v) is 3.41. The Balaban J connectivity index is 2.64. The molecule has 2 N–H and O–H groups in total. The second-order valence-electron chi connectivity index (χ2n) is 4.61. The number of halogens is 1. The van der Waals surface area contributed by atoms with Crippen LogP contribution in [0, 0.1) is 28.5 Å². The zero-order valence-electron chi connectivity index (χ0n) is 11.5. The number of nitrogens with zero attached hydrogens (tertiary/aromatic N) is 4. The van der Waals surface area contributed by atoms with E-state index in [4.69, 9.17) is 11.0 Å². The van der Waals surface area contributed by atoms with Gasteiger partial charge in [0, 0.05) is 11.6 Å². The largest absolute Gasteiger partial charge is 0.326 e. The van der Waals surface area contributed by atoms with Gasteiger partial charge in [0.05, 0.1) is 12.4 Å². The van der Waals surface area contributed by atoms with Crippen LogP contribution in [0.3, 0.4) is 0 Å². The monoisotopic (exact) mass is 283 g/mol. The van der Waals surface area contributed by atoms with Crippen molar-refractivity contribution in [2.45, 2.75) is 25.4 Å². The minimum absolute atomic E-state index is 0.0159. The number of hydrogen-bond acceptors (Lipinski definition) is 4. The van der Waals surface area contributed by atoms with Crippen LogP contribution < -0.4 is 5.73 Å². The molecule has 1 aromatic carbocycles. The van der Waals surface area contributed by atoms with Gasteiger partial charge < -0.3 is 10.3 Å². The maximum Gasteiger partial charge on any atom is 0.176 e. The fourth-order valence-corrected chi connectivity index (χ4v) is 2.29. The van der Waals surface area contributed by atoms with Gasteiger partial charge in [0.2, 0.25) is 0 Å². The van der Waals surface area contributed by atoms with E-state index in [1.54, 1.807) is 18.2 Å². The molecule has 2 atom stereocenters. The third kappa shape index (κ3) is 2.62. The molecule has 106 valence electrons. The first kappa shape index (κ1) is 14.7. The molecule has 6 heteroatoms. The lowest BCUT2D eigenvalue weighted by Gasteiger charge is -2.25. The number of benzene rings is 1. The Morgan fingerprint density at radius 3 is 2.62 bits per heavy atom. The Labute approximate surface area is 122 Å². The highest BCUT2D eigenvalue weighted by atomic mass is 19.1. The number of aromatic nitrogens is 2. The normalized spacial score (nSPS) is 13.2. The van der Waals surface area contributed by atoms with Crippen molar-refractivity contribution in [3.63, 3.8) is 0 Å². The van der Waals surface area contributed by atoms with E-state index >= 15 is 0 Å². The average molecular weight is 283 g/mol. The predicted molar refractivity (Wildman–Crippen MR) is 74.5 cm³/mol. The Bertz CT molecular complexity index is 722. The quantitative estimate of drug-likeness (QED) is 0.930. The minimum atomic E-state index is -0.583. The molecule has 2 aromatic rings. The molecule has 2 unspecified atom stereocenters. The van der Waals surface area contributed by atoms with Gasteiger partial charge in [0.1, 0.15) is 18.0 Å². The molecule has 1 heterocycles. The number of rotatable bonds is 4. The number of nitriles is 2. The molecule has 1 aromatic heterocycles. The average Bonchev–Trinajstić information content (AvgIpc) is 2.91. The van der Waals surface area contributed by atoms with Crippen LogP contribution in [0.2, 0.25) is 0 Å². The molecule has 0 aliphatic rings. The summed E-state index contributed by atoms with van der Waals surface area (Å²) in [6.45, 7) is 1.88. The second kappa shape index (κ2) is 6.17. The Morgan fingerprint density at radius 1 is 1.33 bits per heavy atom. The van der Waals surface area contributed by atoms with Crippen LogP contribution in [0.4, 0.5) is 4.39 Å². The highest BCUT2D eigenvalue weighted by molar-refractivity contribution is 5.38. The highest BCUT2D eigenvalue weighted by Crippen LogP contribution is 2.27. The number of hydrogen-bond donors (Lipinski definition) is 1. The van der Waals surface area contributed by atoms with E-state index in [1.165, 1.54) is 17.0 Å². The van der Waals surface area contributed by atoms with Gasteiger partial charge in [-0.3, -0.25) is 0 Å². The number of imidazole rings is 1. The van der Waals surface area contributed by atoms with Crippen molar-refractivity contribution in [2.24, 2.45) is 5.73 Å². The Kier molecular flexibility index (Phi) is 4.32.